The second kappa shape index (κ2) is 6.96. The smallest absolute Gasteiger partial charge is 0.130 e. The van der Waals surface area contributed by atoms with Crippen LogP contribution in [0.5, 0.6) is 0 Å². The van der Waals surface area contributed by atoms with Crippen LogP contribution in [0.15, 0.2) is 18.2 Å². The van der Waals surface area contributed by atoms with Gasteiger partial charge in [0.1, 0.15) is 11.6 Å². The van der Waals surface area contributed by atoms with Crippen LogP contribution in [0.3, 0.4) is 0 Å². The highest BCUT2D eigenvalue weighted by Crippen LogP contribution is 2.28. The number of hydrogen-bond donors (Lipinski definition) is 1. The minimum atomic E-state index is -0.540. The fraction of sp³-hybridized carbons (Fsp3) is 0.600. The Labute approximate surface area is 113 Å². The second-order valence-electron chi connectivity index (χ2n) is 5.21. The van der Waals surface area contributed by atoms with Crippen LogP contribution in [-0.2, 0) is 4.74 Å². The minimum absolute atomic E-state index is 0.121. The molecule has 1 saturated carbocycles. The van der Waals surface area contributed by atoms with Crippen LogP contribution in [0.1, 0.15) is 37.8 Å². The van der Waals surface area contributed by atoms with E-state index < -0.39 is 11.6 Å². The van der Waals surface area contributed by atoms with Gasteiger partial charge in [0.05, 0.1) is 0 Å². The highest BCUT2D eigenvalue weighted by atomic mass is 19.1. The van der Waals surface area contributed by atoms with Gasteiger partial charge in [0.15, 0.2) is 0 Å². The maximum absolute atomic E-state index is 13.5. The molecule has 1 unspecified atom stereocenters. The van der Waals surface area contributed by atoms with E-state index in [1.807, 2.05) is 6.92 Å². The summed E-state index contributed by atoms with van der Waals surface area (Å²) in [6.07, 6.45) is 3.51. The third kappa shape index (κ3) is 4.88. The van der Waals surface area contributed by atoms with Crippen molar-refractivity contribution in [3.05, 3.63) is 35.4 Å². The molecule has 4 heteroatoms. The van der Waals surface area contributed by atoms with Crippen molar-refractivity contribution in [3.63, 3.8) is 0 Å². The fourth-order valence-electron chi connectivity index (χ4n) is 1.99. The zero-order chi connectivity index (χ0) is 13.7. The van der Waals surface area contributed by atoms with E-state index in [-0.39, 0.29) is 6.04 Å². The van der Waals surface area contributed by atoms with Crippen molar-refractivity contribution in [1.82, 2.24) is 5.32 Å². The molecule has 0 amide bonds. The lowest BCUT2D eigenvalue weighted by atomic mass is 10.1. The Bertz CT molecular complexity index is 407. The number of nitrogens with one attached hydrogen (secondary N) is 1. The first kappa shape index (κ1) is 14.4. The van der Waals surface area contributed by atoms with Gasteiger partial charge in [-0.05, 0) is 44.7 Å². The Balaban J connectivity index is 1.63. The van der Waals surface area contributed by atoms with Crippen LogP contribution in [0.2, 0.25) is 0 Å². The second-order valence-corrected chi connectivity index (χ2v) is 5.21. The lowest BCUT2D eigenvalue weighted by Crippen LogP contribution is -2.22. The van der Waals surface area contributed by atoms with Gasteiger partial charge in [0.25, 0.3) is 0 Å². The van der Waals surface area contributed by atoms with Crippen molar-refractivity contribution >= 4 is 0 Å². The number of rotatable bonds is 8. The molecular formula is C15H21F2NO. The maximum Gasteiger partial charge on any atom is 0.130 e. The SMILES string of the molecule is CC(NCCCOCC1CC1)c1ccc(F)cc1F. The summed E-state index contributed by atoms with van der Waals surface area (Å²) in [5.74, 6) is -0.243. The number of benzene rings is 1. The topological polar surface area (TPSA) is 21.3 Å². The highest BCUT2D eigenvalue weighted by molar-refractivity contribution is 5.21. The summed E-state index contributed by atoms with van der Waals surface area (Å²) in [5.41, 5.74) is 0.500. The van der Waals surface area contributed by atoms with Gasteiger partial charge in [0, 0.05) is 30.9 Å². The van der Waals surface area contributed by atoms with Crippen molar-refractivity contribution in [2.75, 3.05) is 19.8 Å². The lowest BCUT2D eigenvalue weighted by Gasteiger charge is -2.15. The molecular weight excluding hydrogens is 248 g/mol. The summed E-state index contributed by atoms with van der Waals surface area (Å²) in [6, 6.07) is 3.58. The van der Waals surface area contributed by atoms with Gasteiger partial charge in [-0.1, -0.05) is 6.07 Å². The van der Waals surface area contributed by atoms with E-state index in [1.54, 1.807) is 0 Å². The average molecular weight is 269 g/mol. The molecule has 0 aliphatic heterocycles. The van der Waals surface area contributed by atoms with Crippen LogP contribution >= 0.6 is 0 Å². The van der Waals surface area contributed by atoms with E-state index in [4.69, 9.17) is 4.74 Å². The maximum atomic E-state index is 13.5. The van der Waals surface area contributed by atoms with Gasteiger partial charge in [-0.25, -0.2) is 8.78 Å². The van der Waals surface area contributed by atoms with Crippen LogP contribution < -0.4 is 5.32 Å². The van der Waals surface area contributed by atoms with Crippen LogP contribution in [0, 0.1) is 17.6 Å². The van der Waals surface area contributed by atoms with Crippen molar-refractivity contribution in [1.29, 1.82) is 0 Å². The summed E-state index contributed by atoms with van der Waals surface area (Å²) in [5, 5.41) is 3.22. The molecule has 0 radical (unpaired) electrons. The van der Waals surface area contributed by atoms with E-state index in [0.29, 0.717) is 5.56 Å². The molecule has 1 fully saturated rings. The molecule has 0 aromatic heterocycles. The van der Waals surface area contributed by atoms with E-state index >= 15 is 0 Å². The quantitative estimate of drug-likeness (QED) is 0.730. The van der Waals surface area contributed by atoms with Crippen molar-refractivity contribution in [2.24, 2.45) is 5.92 Å². The summed E-state index contributed by atoms with van der Waals surface area (Å²) in [6.45, 7) is 4.26. The zero-order valence-electron chi connectivity index (χ0n) is 11.3. The number of hydrogen-bond acceptors (Lipinski definition) is 2. The Hall–Kier alpha value is -1.00. The molecule has 1 N–H and O–H groups in total. The lowest BCUT2D eigenvalue weighted by molar-refractivity contribution is 0.121. The van der Waals surface area contributed by atoms with E-state index in [9.17, 15) is 8.78 Å². The number of ether oxygens (including phenoxy) is 1. The summed E-state index contributed by atoms with van der Waals surface area (Å²) in [7, 11) is 0. The first-order valence-corrected chi connectivity index (χ1v) is 6.93. The van der Waals surface area contributed by atoms with Gasteiger partial charge >= 0.3 is 0 Å². The molecule has 1 aromatic carbocycles. The minimum Gasteiger partial charge on any atom is -0.381 e. The van der Waals surface area contributed by atoms with E-state index in [0.717, 1.165) is 38.2 Å². The van der Waals surface area contributed by atoms with Gasteiger partial charge in [-0.3, -0.25) is 0 Å². The standard InChI is InChI=1S/C15H21F2NO/c1-11(14-6-5-13(16)9-15(14)17)18-7-2-8-19-10-12-3-4-12/h5-6,9,11-12,18H,2-4,7-8,10H2,1H3. The molecule has 106 valence electrons. The number of halogens is 2. The fourth-order valence-corrected chi connectivity index (χ4v) is 1.99. The van der Waals surface area contributed by atoms with Crippen LogP contribution in [-0.4, -0.2) is 19.8 Å². The molecule has 19 heavy (non-hydrogen) atoms. The Morgan fingerprint density at radius 3 is 2.84 bits per heavy atom. The Kier molecular flexibility index (Phi) is 5.28. The monoisotopic (exact) mass is 269 g/mol. The van der Waals surface area contributed by atoms with E-state index in [2.05, 4.69) is 5.32 Å². The van der Waals surface area contributed by atoms with Crippen molar-refractivity contribution < 1.29 is 13.5 Å². The van der Waals surface area contributed by atoms with Gasteiger partial charge < -0.3 is 10.1 Å². The van der Waals surface area contributed by atoms with Gasteiger partial charge in [-0.2, -0.15) is 0 Å². The van der Waals surface area contributed by atoms with Crippen molar-refractivity contribution in [2.45, 2.75) is 32.2 Å². The molecule has 2 rings (SSSR count). The average Bonchev–Trinajstić information content (AvgIpc) is 3.17. The van der Waals surface area contributed by atoms with Crippen molar-refractivity contribution in [3.8, 4) is 0 Å². The molecule has 1 aliphatic rings. The van der Waals surface area contributed by atoms with Crippen LogP contribution in [0.25, 0.3) is 0 Å². The van der Waals surface area contributed by atoms with Gasteiger partial charge in [-0.15, -0.1) is 0 Å². The zero-order valence-corrected chi connectivity index (χ0v) is 11.3. The van der Waals surface area contributed by atoms with Gasteiger partial charge in [0.2, 0.25) is 0 Å². The summed E-state index contributed by atoms with van der Waals surface area (Å²) in [4.78, 5) is 0. The third-order valence-electron chi connectivity index (χ3n) is 3.40. The third-order valence-corrected chi connectivity index (χ3v) is 3.40. The molecule has 1 aliphatic carbocycles. The first-order chi connectivity index (χ1) is 9.16. The Morgan fingerprint density at radius 1 is 1.37 bits per heavy atom. The molecule has 2 nitrogen and oxygen atoms in total. The normalized spacial score (nSPS) is 16.6. The molecule has 1 aromatic rings. The largest absolute Gasteiger partial charge is 0.381 e. The molecule has 0 heterocycles. The molecule has 1 atom stereocenters. The predicted molar refractivity (Wildman–Crippen MR) is 70.9 cm³/mol. The summed E-state index contributed by atoms with van der Waals surface area (Å²) >= 11 is 0. The molecule has 0 bridgehead atoms. The van der Waals surface area contributed by atoms with Crippen LogP contribution in [0.4, 0.5) is 8.78 Å². The first-order valence-electron chi connectivity index (χ1n) is 6.93. The summed E-state index contributed by atoms with van der Waals surface area (Å²) < 4.78 is 31.8. The Morgan fingerprint density at radius 2 is 2.16 bits per heavy atom. The van der Waals surface area contributed by atoms with E-state index in [1.165, 1.54) is 25.0 Å². The molecule has 0 saturated heterocycles. The predicted octanol–water partition coefficient (Wildman–Crippen LogP) is 3.43. The molecule has 0 spiro atoms. The highest BCUT2D eigenvalue weighted by Gasteiger charge is 2.20.